The van der Waals surface area contributed by atoms with Crippen molar-refractivity contribution in [3.05, 3.63) is 35.4 Å². The molecule has 0 saturated carbocycles. The molecule has 4 N–H and O–H groups in total. The van der Waals surface area contributed by atoms with Crippen LogP contribution in [0.4, 0.5) is 0 Å². The van der Waals surface area contributed by atoms with E-state index in [0.717, 1.165) is 5.56 Å². The van der Waals surface area contributed by atoms with E-state index in [1.807, 2.05) is 19.1 Å². The summed E-state index contributed by atoms with van der Waals surface area (Å²) in [6, 6.07) is 7.26. The van der Waals surface area contributed by atoms with E-state index in [9.17, 15) is 4.79 Å². The molecule has 0 spiro atoms. The molecule has 0 radical (unpaired) electrons. The number of amidine groups is 1. The summed E-state index contributed by atoms with van der Waals surface area (Å²) in [5.41, 5.74) is 6.97. The number of oxime groups is 1. The lowest BCUT2D eigenvalue weighted by molar-refractivity contribution is 0.0954. The second-order valence-electron chi connectivity index (χ2n) is 3.46. The number of hydrogen-bond acceptors (Lipinski definition) is 3. The fourth-order valence-corrected chi connectivity index (χ4v) is 1.16. The van der Waals surface area contributed by atoms with Crippen LogP contribution in [0.1, 0.15) is 22.3 Å². The lowest BCUT2D eigenvalue weighted by atomic mass is 10.1. The number of nitrogens with zero attached hydrogens (tertiary/aromatic N) is 1. The van der Waals surface area contributed by atoms with Gasteiger partial charge in [0.2, 0.25) is 0 Å². The Balaban J connectivity index is 2.44. The molecule has 0 aliphatic heterocycles. The quantitative estimate of drug-likeness (QED) is 0.305. The SMILES string of the molecule is Cc1ccc(C(=O)NCCC(N)=NO)cc1. The summed E-state index contributed by atoms with van der Waals surface area (Å²) in [5, 5.41) is 13.8. The van der Waals surface area contributed by atoms with Crippen LogP contribution in [0.5, 0.6) is 0 Å². The summed E-state index contributed by atoms with van der Waals surface area (Å²) < 4.78 is 0. The zero-order chi connectivity index (χ0) is 12.0. The van der Waals surface area contributed by atoms with Crippen molar-refractivity contribution in [2.45, 2.75) is 13.3 Å². The van der Waals surface area contributed by atoms with Crippen molar-refractivity contribution in [2.24, 2.45) is 10.9 Å². The molecule has 0 saturated heterocycles. The van der Waals surface area contributed by atoms with Crippen LogP contribution < -0.4 is 11.1 Å². The third-order valence-electron chi connectivity index (χ3n) is 2.11. The number of benzene rings is 1. The van der Waals surface area contributed by atoms with Gasteiger partial charge in [-0.15, -0.1) is 0 Å². The smallest absolute Gasteiger partial charge is 0.251 e. The topological polar surface area (TPSA) is 87.7 Å². The molecule has 1 rings (SSSR count). The predicted octanol–water partition coefficient (Wildman–Crippen LogP) is 0.861. The van der Waals surface area contributed by atoms with Crippen LogP contribution in [0.3, 0.4) is 0 Å². The largest absolute Gasteiger partial charge is 0.409 e. The van der Waals surface area contributed by atoms with Gasteiger partial charge in [0.1, 0.15) is 5.84 Å². The number of amides is 1. The number of carbonyl (C=O) groups is 1. The monoisotopic (exact) mass is 221 g/mol. The van der Waals surface area contributed by atoms with E-state index in [2.05, 4.69) is 10.5 Å². The molecule has 0 aliphatic carbocycles. The van der Waals surface area contributed by atoms with Crippen LogP contribution in [0.15, 0.2) is 29.4 Å². The summed E-state index contributed by atoms with van der Waals surface area (Å²) in [5.74, 6) is -0.0602. The van der Waals surface area contributed by atoms with Gasteiger partial charge in [0, 0.05) is 18.5 Å². The molecule has 1 amide bonds. The zero-order valence-corrected chi connectivity index (χ0v) is 9.10. The highest BCUT2D eigenvalue weighted by Crippen LogP contribution is 2.02. The Morgan fingerprint density at radius 3 is 2.62 bits per heavy atom. The van der Waals surface area contributed by atoms with Crippen molar-refractivity contribution in [3.63, 3.8) is 0 Å². The molecule has 0 aromatic heterocycles. The Morgan fingerprint density at radius 2 is 2.06 bits per heavy atom. The maximum Gasteiger partial charge on any atom is 0.251 e. The lowest BCUT2D eigenvalue weighted by Gasteiger charge is -2.04. The first-order valence-corrected chi connectivity index (χ1v) is 4.94. The van der Waals surface area contributed by atoms with Crippen molar-refractivity contribution in [1.82, 2.24) is 5.32 Å². The van der Waals surface area contributed by atoms with Gasteiger partial charge in [0.05, 0.1) is 0 Å². The molecular formula is C11H15N3O2. The molecule has 0 atom stereocenters. The van der Waals surface area contributed by atoms with Gasteiger partial charge in [0.15, 0.2) is 0 Å². The van der Waals surface area contributed by atoms with Crippen molar-refractivity contribution in [3.8, 4) is 0 Å². The minimum Gasteiger partial charge on any atom is -0.409 e. The van der Waals surface area contributed by atoms with Crippen molar-refractivity contribution in [1.29, 1.82) is 0 Å². The van der Waals surface area contributed by atoms with Gasteiger partial charge in [-0.3, -0.25) is 4.79 Å². The number of nitrogens with two attached hydrogens (primary N) is 1. The van der Waals surface area contributed by atoms with E-state index in [0.29, 0.717) is 18.5 Å². The fourth-order valence-electron chi connectivity index (χ4n) is 1.16. The van der Waals surface area contributed by atoms with Gasteiger partial charge in [0.25, 0.3) is 5.91 Å². The number of rotatable bonds is 4. The first kappa shape index (κ1) is 12.0. The average molecular weight is 221 g/mol. The summed E-state index contributed by atoms with van der Waals surface area (Å²) in [7, 11) is 0. The van der Waals surface area contributed by atoms with Crippen LogP contribution in [0.2, 0.25) is 0 Å². The van der Waals surface area contributed by atoms with E-state index in [1.165, 1.54) is 0 Å². The van der Waals surface area contributed by atoms with E-state index in [-0.39, 0.29) is 11.7 Å². The van der Waals surface area contributed by atoms with Crippen LogP contribution in [-0.4, -0.2) is 23.5 Å². The molecule has 16 heavy (non-hydrogen) atoms. The molecular weight excluding hydrogens is 206 g/mol. The highest BCUT2D eigenvalue weighted by atomic mass is 16.4. The molecule has 0 heterocycles. The molecule has 5 nitrogen and oxygen atoms in total. The second-order valence-corrected chi connectivity index (χ2v) is 3.46. The minimum atomic E-state index is -0.161. The van der Waals surface area contributed by atoms with Gasteiger partial charge < -0.3 is 16.3 Å². The van der Waals surface area contributed by atoms with Crippen LogP contribution in [0, 0.1) is 6.92 Å². The highest BCUT2D eigenvalue weighted by molar-refractivity contribution is 5.94. The van der Waals surface area contributed by atoms with E-state index in [4.69, 9.17) is 10.9 Å². The second kappa shape index (κ2) is 5.75. The Bertz CT molecular complexity index is 385. The molecule has 0 bridgehead atoms. The average Bonchev–Trinajstić information content (AvgIpc) is 2.29. The van der Waals surface area contributed by atoms with Crippen LogP contribution >= 0.6 is 0 Å². The first-order chi connectivity index (χ1) is 7.63. The van der Waals surface area contributed by atoms with Gasteiger partial charge in [-0.2, -0.15) is 0 Å². The molecule has 0 fully saturated rings. The number of nitrogens with one attached hydrogen (secondary N) is 1. The highest BCUT2D eigenvalue weighted by Gasteiger charge is 2.04. The summed E-state index contributed by atoms with van der Waals surface area (Å²) in [6.07, 6.45) is 0.327. The van der Waals surface area contributed by atoms with E-state index in [1.54, 1.807) is 12.1 Å². The van der Waals surface area contributed by atoms with E-state index >= 15 is 0 Å². The zero-order valence-electron chi connectivity index (χ0n) is 9.10. The Labute approximate surface area is 94.0 Å². The standard InChI is InChI=1S/C11H15N3O2/c1-8-2-4-9(5-3-8)11(15)13-7-6-10(12)14-16/h2-5,16H,6-7H2,1H3,(H2,12,14)(H,13,15). The first-order valence-electron chi connectivity index (χ1n) is 4.94. The van der Waals surface area contributed by atoms with Gasteiger partial charge in [-0.25, -0.2) is 0 Å². The Hall–Kier alpha value is -2.04. The number of carbonyl (C=O) groups excluding carboxylic acids is 1. The molecule has 0 aliphatic rings. The van der Waals surface area contributed by atoms with E-state index < -0.39 is 0 Å². The van der Waals surface area contributed by atoms with Gasteiger partial charge >= 0.3 is 0 Å². The Morgan fingerprint density at radius 1 is 1.44 bits per heavy atom. The molecule has 1 aromatic carbocycles. The van der Waals surface area contributed by atoms with Gasteiger partial charge in [-0.05, 0) is 19.1 Å². The van der Waals surface area contributed by atoms with Crippen LogP contribution in [-0.2, 0) is 0 Å². The Kier molecular flexibility index (Phi) is 4.32. The third-order valence-corrected chi connectivity index (χ3v) is 2.11. The predicted molar refractivity (Wildman–Crippen MR) is 61.5 cm³/mol. The van der Waals surface area contributed by atoms with Gasteiger partial charge in [-0.1, -0.05) is 22.9 Å². The molecule has 86 valence electrons. The lowest BCUT2D eigenvalue weighted by Crippen LogP contribution is -2.27. The van der Waals surface area contributed by atoms with Crippen LogP contribution in [0.25, 0.3) is 0 Å². The molecule has 1 aromatic rings. The summed E-state index contributed by atoms with van der Waals surface area (Å²) in [6.45, 7) is 2.31. The van der Waals surface area contributed by atoms with Crippen molar-refractivity contribution < 1.29 is 10.0 Å². The maximum absolute atomic E-state index is 11.6. The minimum absolute atomic E-state index is 0.101. The fraction of sp³-hybridized carbons (Fsp3) is 0.273. The van der Waals surface area contributed by atoms with Crippen molar-refractivity contribution >= 4 is 11.7 Å². The summed E-state index contributed by atoms with van der Waals surface area (Å²) in [4.78, 5) is 11.6. The summed E-state index contributed by atoms with van der Waals surface area (Å²) >= 11 is 0. The maximum atomic E-state index is 11.6. The van der Waals surface area contributed by atoms with Crippen molar-refractivity contribution in [2.75, 3.05) is 6.54 Å². The third kappa shape index (κ3) is 3.61. The molecule has 0 unspecified atom stereocenters. The number of aryl methyl sites for hydroxylation is 1. The number of hydrogen-bond donors (Lipinski definition) is 3. The molecule has 5 heteroatoms. The normalized spacial score (nSPS) is 11.2.